The number of ether oxygens (including phenoxy) is 3. The van der Waals surface area contributed by atoms with Gasteiger partial charge in [0.1, 0.15) is 18.1 Å². The molecule has 58 valence electrons. The first-order valence-corrected chi connectivity index (χ1v) is 3.73. The number of hydrogen-bond donors (Lipinski definition) is 0. The summed E-state index contributed by atoms with van der Waals surface area (Å²) in [6.45, 7) is 0.983. The van der Waals surface area contributed by atoms with E-state index in [1.807, 2.05) is 6.08 Å². The van der Waals surface area contributed by atoms with Crippen LogP contribution < -0.4 is 0 Å². The molecule has 3 nitrogen and oxygen atoms in total. The molecule has 0 bridgehead atoms. The Morgan fingerprint density at radius 2 is 2.00 bits per heavy atom. The van der Waals surface area contributed by atoms with Crippen LogP contribution in [0.15, 0.2) is 23.7 Å². The Morgan fingerprint density at radius 1 is 1.18 bits per heavy atom. The highest BCUT2D eigenvalue weighted by atomic mass is 16.7. The Kier molecular flexibility index (Phi) is 0.829. The maximum Gasteiger partial charge on any atom is 0.218 e. The average Bonchev–Trinajstić information content (AvgIpc) is 2.40. The van der Waals surface area contributed by atoms with Gasteiger partial charge < -0.3 is 14.2 Å². The van der Waals surface area contributed by atoms with Crippen LogP contribution in [-0.2, 0) is 14.2 Å². The SMILES string of the molecule is C1=C2OCOC23COC3=CC1. The van der Waals surface area contributed by atoms with Gasteiger partial charge >= 0.3 is 0 Å². The summed E-state index contributed by atoms with van der Waals surface area (Å²) in [5.74, 6) is 1.88. The van der Waals surface area contributed by atoms with E-state index in [0.29, 0.717) is 13.4 Å². The standard InChI is InChI=1S/C8H8O3/c1-2-6-8(4-9-6)7(3-1)10-5-11-8/h2-3H,1,4-5H2. The van der Waals surface area contributed by atoms with E-state index in [1.54, 1.807) is 0 Å². The Bertz CT molecular complexity index is 267. The van der Waals surface area contributed by atoms with Gasteiger partial charge in [-0.05, 0) is 18.6 Å². The Balaban J connectivity index is 2.10. The van der Waals surface area contributed by atoms with E-state index in [9.17, 15) is 0 Å². The highest BCUT2D eigenvalue weighted by molar-refractivity contribution is 5.37. The molecule has 1 aliphatic carbocycles. The summed E-state index contributed by atoms with van der Waals surface area (Å²) in [7, 11) is 0. The number of rotatable bonds is 0. The summed E-state index contributed by atoms with van der Waals surface area (Å²) in [5, 5.41) is 0. The fraction of sp³-hybridized carbons (Fsp3) is 0.500. The zero-order valence-corrected chi connectivity index (χ0v) is 6.00. The molecule has 0 amide bonds. The van der Waals surface area contributed by atoms with Gasteiger partial charge in [0.05, 0.1) is 0 Å². The molecule has 0 N–H and O–H groups in total. The van der Waals surface area contributed by atoms with Gasteiger partial charge in [0.15, 0.2) is 6.79 Å². The molecule has 0 aromatic carbocycles. The van der Waals surface area contributed by atoms with Crippen LogP contribution in [0.4, 0.5) is 0 Å². The average molecular weight is 152 g/mol. The van der Waals surface area contributed by atoms with Gasteiger partial charge in [-0.2, -0.15) is 0 Å². The van der Waals surface area contributed by atoms with Gasteiger partial charge in [-0.15, -0.1) is 0 Å². The number of allylic oxidation sites excluding steroid dienone is 2. The van der Waals surface area contributed by atoms with Crippen LogP contribution in [0.25, 0.3) is 0 Å². The van der Waals surface area contributed by atoms with Gasteiger partial charge in [0.25, 0.3) is 0 Å². The lowest BCUT2D eigenvalue weighted by molar-refractivity contribution is -0.116. The van der Waals surface area contributed by atoms with Crippen LogP contribution in [0.1, 0.15) is 6.42 Å². The third-order valence-electron chi connectivity index (χ3n) is 2.35. The normalized spacial score (nSPS) is 38.5. The molecule has 1 atom stereocenters. The van der Waals surface area contributed by atoms with Crippen molar-refractivity contribution in [2.75, 3.05) is 13.4 Å². The molecule has 11 heavy (non-hydrogen) atoms. The molecular formula is C8H8O3. The van der Waals surface area contributed by atoms with Crippen molar-refractivity contribution in [1.29, 1.82) is 0 Å². The second-order valence-electron chi connectivity index (χ2n) is 2.89. The Labute approximate surface area is 64.2 Å². The minimum absolute atomic E-state index is 0.293. The van der Waals surface area contributed by atoms with Crippen molar-refractivity contribution in [2.45, 2.75) is 12.0 Å². The van der Waals surface area contributed by atoms with E-state index in [0.717, 1.165) is 17.9 Å². The van der Waals surface area contributed by atoms with Crippen molar-refractivity contribution in [1.82, 2.24) is 0 Å². The van der Waals surface area contributed by atoms with Crippen LogP contribution in [0.3, 0.4) is 0 Å². The maximum atomic E-state index is 5.46. The van der Waals surface area contributed by atoms with Crippen LogP contribution in [0.5, 0.6) is 0 Å². The van der Waals surface area contributed by atoms with Crippen molar-refractivity contribution in [3.63, 3.8) is 0 Å². The number of hydrogen-bond acceptors (Lipinski definition) is 3. The van der Waals surface area contributed by atoms with Crippen molar-refractivity contribution in [3.05, 3.63) is 23.7 Å². The van der Waals surface area contributed by atoms with Crippen molar-refractivity contribution in [2.24, 2.45) is 0 Å². The lowest BCUT2D eigenvalue weighted by atomic mass is 9.90. The van der Waals surface area contributed by atoms with Crippen LogP contribution in [0, 0.1) is 0 Å². The summed E-state index contributed by atoms with van der Waals surface area (Å²) in [6, 6.07) is 0. The van der Waals surface area contributed by atoms with Crippen LogP contribution >= 0.6 is 0 Å². The smallest absolute Gasteiger partial charge is 0.218 e. The molecule has 0 aromatic rings. The Morgan fingerprint density at radius 3 is 2.64 bits per heavy atom. The predicted octanol–water partition coefficient (Wildman–Crippen LogP) is 0.931. The zero-order valence-electron chi connectivity index (χ0n) is 6.00. The summed E-state index contributed by atoms with van der Waals surface area (Å²) >= 11 is 0. The van der Waals surface area contributed by atoms with E-state index < -0.39 is 0 Å². The molecule has 3 rings (SSSR count). The topological polar surface area (TPSA) is 27.7 Å². The van der Waals surface area contributed by atoms with Crippen molar-refractivity contribution < 1.29 is 14.2 Å². The van der Waals surface area contributed by atoms with Gasteiger partial charge in [0.2, 0.25) is 5.60 Å². The van der Waals surface area contributed by atoms with Gasteiger partial charge in [-0.1, -0.05) is 0 Å². The lowest BCUT2D eigenvalue weighted by Crippen LogP contribution is -2.49. The summed E-state index contributed by atoms with van der Waals surface area (Å²) in [4.78, 5) is 0. The van der Waals surface area contributed by atoms with E-state index in [-0.39, 0.29) is 5.60 Å². The lowest BCUT2D eigenvalue weighted by Gasteiger charge is -2.40. The Hall–Kier alpha value is -0.960. The minimum atomic E-state index is -0.293. The molecule has 0 radical (unpaired) electrons. The molecule has 2 aliphatic heterocycles. The third kappa shape index (κ3) is 0.496. The van der Waals surface area contributed by atoms with Crippen LogP contribution in [-0.4, -0.2) is 19.0 Å². The van der Waals surface area contributed by atoms with Gasteiger partial charge in [-0.3, -0.25) is 0 Å². The fourth-order valence-corrected chi connectivity index (χ4v) is 1.69. The second-order valence-corrected chi connectivity index (χ2v) is 2.89. The zero-order chi connectivity index (χ0) is 7.31. The van der Waals surface area contributed by atoms with Crippen LogP contribution in [0.2, 0.25) is 0 Å². The molecule has 1 unspecified atom stereocenters. The van der Waals surface area contributed by atoms with E-state index in [1.165, 1.54) is 0 Å². The van der Waals surface area contributed by atoms with E-state index >= 15 is 0 Å². The molecule has 3 aliphatic rings. The van der Waals surface area contributed by atoms with Crippen molar-refractivity contribution in [3.8, 4) is 0 Å². The summed E-state index contributed by atoms with van der Waals surface area (Å²) in [6.07, 6.45) is 5.00. The quantitative estimate of drug-likeness (QED) is 0.516. The first kappa shape index (κ1) is 5.66. The molecule has 1 spiro atoms. The maximum absolute atomic E-state index is 5.46. The largest absolute Gasteiger partial charge is 0.490 e. The van der Waals surface area contributed by atoms with Gasteiger partial charge in [0, 0.05) is 0 Å². The molecule has 0 saturated carbocycles. The third-order valence-corrected chi connectivity index (χ3v) is 2.35. The highest BCUT2D eigenvalue weighted by Gasteiger charge is 2.55. The first-order chi connectivity index (χ1) is 5.42. The van der Waals surface area contributed by atoms with E-state index in [2.05, 4.69) is 6.08 Å². The molecule has 2 fully saturated rings. The highest BCUT2D eigenvalue weighted by Crippen LogP contribution is 2.46. The van der Waals surface area contributed by atoms with Crippen molar-refractivity contribution >= 4 is 0 Å². The van der Waals surface area contributed by atoms with Gasteiger partial charge in [-0.25, -0.2) is 0 Å². The molecule has 0 aromatic heterocycles. The molecule has 3 heteroatoms. The predicted molar refractivity (Wildman–Crippen MR) is 36.5 cm³/mol. The minimum Gasteiger partial charge on any atom is -0.490 e. The molecule has 2 heterocycles. The second kappa shape index (κ2) is 1.61. The monoisotopic (exact) mass is 152 g/mol. The summed E-state index contributed by atoms with van der Waals surface area (Å²) < 4.78 is 16.0. The summed E-state index contributed by atoms with van der Waals surface area (Å²) in [5.41, 5.74) is -0.293. The van der Waals surface area contributed by atoms with E-state index in [4.69, 9.17) is 14.2 Å². The molecule has 2 saturated heterocycles. The first-order valence-electron chi connectivity index (χ1n) is 3.73. The fourth-order valence-electron chi connectivity index (χ4n) is 1.69. The molecular weight excluding hydrogens is 144 g/mol.